The van der Waals surface area contributed by atoms with Crippen molar-refractivity contribution in [2.24, 2.45) is 0 Å². The third kappa shape index (κ3) is 10.9. The van der Waals surface area contributed by atoms with E-state index in [0.717, 1.165) is 31.4 Å². The van der Waals surface area contributed by atoms with Crippen molar-refractivity contribution in [2.45, 2.75) is 99.2 Å². The van der Waals surface area contributed by atoms with Gasteiger partial charge in [-0.3, -0.25) is 9.59 Å². The van der Waals surface area contributed by atoms with E-state index in [1.54, 1.807) is 6.07 Å². The number of thioether (sulfide) groups is 1. The molecular weight excluding hydrogens is 721 g/mol. The van der Waals surface area contributed by atoms with Gasteiger partial charge in [0.05, 0.1) is 22.2 Å². The van der Waals surface area contributed by atoms with Crippen LogP contribution in [0.25, 0.3) is 0 Å². The summed E-state index contributed by atoms with van der Waals surface area (Å²) in [6.45, 7) is 5.35. The highest BCUT2D eigenvalue weighted by molar-refractivity contribution is 7.98. The first-order chi connectivity index (χ1) is 25.2. The molecule has 1 aliphatic rings. The number of aliphatic hydroxyl groups is 1. The Morgan fingerprint density at radius 2 is 1.64 bits per heavy atom. The van der Waals surface area contributed by atoms with Crippen molar-refractivity contribution in [1.29, 1.82) is 0 Å². The fourth-order valence-electron chi connectivity index (χ4n) is 6.37. The van der Waals surface area contributed by atoms with Gasteiger partial charge in [0, 0.05) is 24.7 Å². The maximum absolute atomic E-state index is 14.3. The molecule has 0 fully saturated rings. The molecule has 1 aliphatic heterocycles. The normalized spacial score (nSPS) is 16.4. The number of rotatable bonds is 18. The van der Waals surface area contributed by atoms with Gasteiger partial charge >= 0.3 is 5.97 Å². The van der Waals surface area contributed by atoms with Gasteiger partial charge in [0.15, 0.2) is 6.61 Å². The van der Waals surface area contributed by atoms with E-state index in [0.29, 0.717) is 30.0 Å². The minimum Gasteiger partial charge on any atom is -0.508 e. The molecule has 3 aromatic rings. The summed E-state index contributed by atoms with van der Waals surface area (Å²) in [5.41, 5.74) is 0.826. The zero-order valence-corrected chi connectivity index (χ0v) is 32.1. The fraction of sp³-hybridized carbons (Fsp3) is 0.447. The first-order valence-corrected chi connectivity index (χ1v) is 20.4. The predicted molar refractivity (Wildman–Crippen MR) is 204 cm³/mol. The Balaban J connectivity index is 1.68. The quantitative estimate of drug-likeness (QED) is 0.0927. The van der Waals surface area contributed by atoms with E-state index in [2.05, 4.69) is 29.2 Å². The van der Waals surface area contributed by atoms with Crippen LogP contribution in [0.2, 0.25) is 0 Å². The number of carbonyl (C=O) groups is 3. The van der Waals surface area contributed by atoms with Crippen molar-refractivity contribution in [2.75, 3.05) is 24.3 Å². The standard InChI is InChI=1S/C38H50N4O9S2/c1-5-7-18-38(19-8-6-2)24-42(27-12-10-9-11-13-27)30-21-32(52-4)31(22-33(30)53(49,50)41-38)51-23-34(45)40-35(26-14-16-28(44)17-15-26)36(46)39-29(37(47)48)20-25(3)43/h9-17,21-22,25,29,35,41,43-44H,5-8,18-20,23-24H2,1-4H3,(H,39,46)(H,40,45)(H,47,48)/t25-,29+,35-/m1/s1. The number of amides is 2. The monoisotopic (exact) mass is 770 g/mol. The molecule has 0 radical (unpaired) electrons. The van der Waals surface area contributed by atoms with Gasteiger partial charge in [-0.25, -0.2) is 17.9 Å². The topological polar surface area (TPSA) is 195 Å². The lowest BCUT2D eigenvalue weighted by Gasteiger charge is -2.37. The maximum Gasteiger partial charge on any atom is 0.326 e. The number of aromatic hydroxyl groups is 1. The second kappa shape index (κ2) is 18.6. The molecule has 0 bridgehead atoms. The number of carboxylic acids is 1. The van der Waals surface area contributed by atoms with Crippen LogP contribution in [0.4, 0.5) is 11.4 Å². The highest BCUT2D eigenvalue weighted by Crippen LogP contribution is 2.44. The average Bonchev–Trinajstić information content (AvgIpc) is 3.22. The van der Waals surface area contributed by atoms with Crippen LogP contribution in [0.1, 0.15) is 77.3 Å². The summed E-state index contributed by atoms with van der Waals surface area (Å²) in [7, 11) is -4.09. The minimum absolute atomic E-state index is 0.00334. The van der Waals surface area contributed by atoms with E-state index < -0.39 is 58.1 Å². The largest absolute Gasteiger partial charge is 0.508 e. The summed E-state index contributed by atoms with van der Waals surface area (Å²) in [4.78, 5) is 41.2. The number of carboxylic acid groups (broad SMARTS) is 1. The van der Waals surface area contributed by atoms with Crippen LogP contribution in [0, 0.1) is 0 Å². The van der Waals surface area contributed by atoms with Crippen molar-refractivity contribution in [1.82, 2.24) is 15.4 Å². The van der Waals surface area contributed by atoms with Crippen molar-refractivity contribution in [3.05, 3.63) is 72.3 Å². The molecule has 3 aromatic carbocycles. The van der Waals surface area contributed by atoms with E-state index in [1.807, 2.05) is 41.5 Å². The summed E-state index contributed by atoms with van der Waals surface area (Å²) < 4.78 is 37.7. The van der Waals surface area contributed by atoms with Gasteiger partial charge < -0.3 is 35.6 Å². The molecule has 15 heteroatoms. The van der Waals surface area contributed by atoms with Crippen molar-refractivity contribution in [3.8, 4) is 11.5 Å². The molecule has 6 N–H and O–H groups in total. The number of aliphatic carboxylic acids is 1. The van der Waals surface area contributed by atoms with E-state index in [1.165, 1.54) is 49.0 Å². The van der Waals surface area contributed by atoms with Crippen molar-refractivity contribution in [3.63, 3.8) is 0 Å². The zero-order valence-electron chi connectivity index (χ0n) is 30.5. The smallest absolute Gasteiger partial charge is 0.326 e. The number of nitrogens with zero attached hydrogens (tertiary/aromatic N) is 1. The van der Waals surface area contributed by atoms with Gasteiger partial charge in [-0.2, -0.15) is 0 Å². The molecule has 53 heavy (non-hydrogen) atoms. The summed E-state index contributed by atoms with van der Waals surface area (Å²) >= 11 is 1.32. The van der Waals surface area contributed by atoms with Gasteiger partial charge in [0.25, 0.3) is 5.91 Å². The van der Waals surface area contributed by atoms with E-state index in [-0.39, 0.29) is 28.4 Å². The number of para-hydroxylation sites is 1. The number of ether oxygens (including phenoxy) is 1. The Labute approximate surface area is 315 Å². The van der Waals surface area contributed by atoms with Gasteiger partial charge in [-0.05, 0) is 61.9 Å². The van der Waals surface area contributed by atoms with Crippen LogP contribution in [0.3, 0.4) is 0 Å². The molecule has 1 heterocycles. The molecule has 2 amide bonds. The minimum atomic E-state index is -4.09. The Bertz CT molecular complexity index is 1810. The molecule has 288 valence electrons. The first kappa shape index (κ1) is 41.4. The molecule has 0 saturated carbocycles. The number of unbranched alkanes of at least 4 members (excludes halogenated alkanes) is 2. The lowest BCUT2D eigenvalue weighted by Crippen LogP contribution is -2.53. The van der Waals surface area contributed by atoms with Crippen molar-refractivity contribution < 1.29 is 42.9 Å². The van der Waals surface area contributed by atoms with Crippen LogP contribution in [-0.4, -0.2) is 78.6 Å². The lowest BCUT2D eigenvalue weighted by atomic mass is 9.87. The maximum atomic E-state index is 14.3. The third-order valence-corrected chi connectivity index (χ3v) is 11.4. The summed E-state index contributed by atoms with van der Waals surface area (Å²) in [6, 6.07) is 15.4. The Kier molecular flexibility index (Phi) is 14.6. The molecule has 0 spiro atoms. The van der Waals surface area contributed by atoms with Crippen LogP contribution in [0.5, 0.6) is 11.5 Å². The molecule has 0 unspecified atom stereocenters. The van der Waals surface area contributed by atoms with Crippen LogP contribution in [-0.2, 0) is 24.4 Å². The first-order valence-electron chi connectivity index (χ1n) is 17.7. The van der Waals surface area contributed by atoms with Crippen molar-refractivity contribution >= 4 is 50.9 Å². The van der Waals surface area contributed by atoms with Crippen LogP contribution >= 0.6 is 11.8 Å². The number of nitrogens with one attached hydrogen (secondary N) is 3. The highest BCUT2D eigenvalue weighted by Gasteiger charge is 2.42. The number of phenolic OH excluding ortho intramolecular Hbond substituents is 1. The molecule has 13 nitrogen and oxygen atoms in total. The Morgan fingerprint density at radius 1 is 1.00 bits per heavy atom. The Hall–Kier alpha value is -4.31. The van der Waals surface area contributed by atoms with E-state index in [4.69, 9.17) is 4.74 Å². The highest BCUT2D eigenvalue weighted by atomic mass is 32.2. The number of anilines is 2. The number of aliphatic hydroxyl groups excluding tert-OH is 1. The van der Waals surface area contributed by atoms with E-state index in [9.17, 15) is 38.1 Å². The summed E-state index contributed by atoms with van der Waals surface area (Å²) in [5.74, 6) is -2.93. The molecule has 3 atom stereocenters. The number of fused-ring (bicyclic) bond motifs is 1. The predicted octanol–water partition coefficient (Wildman–Crippen LogP) is 5.24. The number of benzene rings is 3. The number of carbonyl (C=O) groups excluding carboxylic acids is 2. The molecular formula is C38H50N4O9S2. The fourth-order valence-corrected chi connectivity index (χ4v) is 8.58. The van der Waals surface area contributed by atoms with Gasteiger partial charge in [-0.1, -0.05) is 69.9 Å². The summed E-state index contributed by atoms with van der Waals surface area (Å²) in [6.07, 6.45) is 5.31. The number of hydrogen-bond donors (Lipinski definition) is 6. The molecule has 4 rings (SSSR count). The van der Waals surface area contributed by atoms with E-state index >= 15 is 0 Å². The molecule has 0 saturated heterocycles. The number of sulfonamides is 1. The summed E-state index contributed by atoms with van der Waals surface area (Å²) in [5, 5.41) is 34.1. The van der Waals surface area contributed by atoms with Crippen LogP contribution in [0.15, 0.2) is 76.5 Å². The Morgan fingerprint density at radius 3 is 2.21 bits per heavy atom. The average molecular weight is 771 g/mol. The number of hydrogen-bond acceptors (Lipinski definition) is 10. The van der Waals surface area contributed by atoms with Gasteiger partial charge in [-0.15, -0.1) is 11.8 Å². The molecule has 0 aromatic heterocycles. The second-order valence-electron chi connectivity index (χ2n) is 13.4. The molecule has 0 aliphatic carbocycles. The van der Waals surface area contributed by atoms with Gasteiger partial charge in [0.1, 0.15) is 28.5 Å². The second-order valence-corrected chi connectivity index (χ2v) is 15.8. The lowest BCUT2D eigenvalue weighted by molar-refractivity contribution is -0.143. The SMILES string of the molecule is CCCCC1(CCCC)CN(c2ccccc2)c2cc(SC)c(OCC(=O)N[C@@H](C(=O)N[C@@H](C[C@@H](C)O)C(=O)O)c3ccc(O)cc3)cc2S(=O)(=O)N1. The zero-order chi connectivity index (χ0) is 38.8. The third-order valence-electron chi connectivity index (χ3n) is 9.07. The van der Waals surface area contributed by atoms with Gasteiger partial charge in [0.2, 0.25) is 15.9 Å². The number of phenols is 1. The van der Waals surface area contributed by atoms with Crippen LogP contribution < -0.4 is 25.0 Å².